The monoisotopic (exact) mass is 585 g/mol. The zero-order valence-corrected chi connectivity index (χ0v) is 21.5. The molecule has 0 atom stereocenters. The molecule has 0 radical (unpaired) electrons. The minimum atomic E-state index is -0.874. The quantitative estimate of drug-likeness (QED) is 0.304. The maximum absolute atomic E-state index is 13.1. The van der Waals surface area contributed by atoms with Gasteiger partial charge in [0.05, 0.1) is 10.2 Å². The number of barbiturate groups is 1. The number of anilines is 2. The molecule has 11 heteroatoms. The van der Waals surface area contributed by atoms with Crippen LogP contribution in [0.3, 0.4) is 0 Å². The van der Waals surface area contributed by atoms with Crippen molar-refractivity contribution in [3.05, 3.63) is 92.7 Å². The Hall–Kier alpha value is -4.02. The van der Waals surface area contributed by atoms with Crippen LogP contribution >= 0.6 is 27.5 Å². The molecule has 0 aliphatic carbocycles. The summed E-state index contributed by atoms with van der Waals surface area (Å²) >= 11 is 9.39. The number of carbonyl (C=O) groups excluding carboxylic acids is 4. The molecule has 0 saturated carbocycles. The third kappa shape index (κ3) is 6.04. The summed E-state index contributed by atoms with van der Waals surface area (Å²) in [6, 6.07) is 13.9. The first-order valence-electron chi connectivity index (χ1n) is 10.8. The lowest BCUT2D eigenvalue weighted by atomic mass is 10.1. The van der Waals surface area contributed by atoms with Crippen molar-refractivity contribution in [1.82, 2.24) is 5.32 Å². The van der Waals surface area contributed by atoms with Crippen LogP contribution in [0, 0.1) is 12.7 Å². The minimum Gasteiger partial charge on any atom is -0.483 e. The Bertz CT molecular complexity index is 1460. The van der Waals surface area contributed by atoms with E-state index in [9.17, 15) is 23.6 Å². The third-order valence-corrected chi connectivity index (χ3v) is 6.12. The fourth-order valence-electron chi connectivity index (χ4n) is 3.46. The molecule has 5 amide bonds. The summed E-state index contributed by atoms with van der Waals surface area (Å²) in [7, 11) is 0. The van der Waals surface area contributed by atoms with E-state index in [1.54, 1.807) is 37.3 Å². The molecule has 4 rings (SSSR count). The molecule has 0 aromatic heterocycles. The van der Waals surface area contributed by atoms with Crippen LogP contribution in [0.25, 0.3) is 6.08 Å². The molecule has 37 heavy (non-hydrogen) atoms. The van der Waals surface area contributed by atoms with Gasteiger partial charge in [-0.25, -0.2) is 14.1 Å². The normalized spacial score (nSPS) is 14.5. The number of hydrogen-bond donors (Lipinski definition) is 2. The second-order valence-corrected chi connectivity index (χ2v) is 9.21. The zero-order valence-electron chi connectivity index (χ0n) is 19.2. The summed E-state index contributed by atoms with van der Waals surface area (Å²) in [6.45, 7) is 1.40. The SMILES string of the molecule is Cc1ccc(Cl)cc1N1C(=O)NC(=O)/C(=C\c2ccc(OCC(=O)Nc3ccc(F)cc3)c(Br)c2)C1=O. The van der Waals surface area contributed by atoms with Crippen molar-refractivity contribution in [2.45, 2.75) is 6.92 Å². The molecule has 2 N–H and O–H groups in total. The number of carbonyl (C=O) groups is 4. The lowest BCUT2D eigenvalue weighted by Gasteiger charge is -2.27. The molecular formula is C26H18BrClFN3O5. The highest BCUT2D eigenvalue weighted by Crippen LogP contribution is 2.30. The van der Waals surface area contributed by atoms with Crippen LogP contribution in [0.2, 0.25) is 5.02 Å². The van der Waals surface area contributed by atoms with Gasteiger partial charge >= 0.3 is 6.03 Å². The number of halogens is 3. The number of ether oxygens (including phenoxy) is 1. The molecule has 1 aliphatic rings. The van der Waals surface area contributed by atoms with Crippen LogP contribution < -0.4 is 20.3 Å². The second kappa shape index (κ2) is 10.9. The number of benzene rings is 3. The molecule has 1 fully saturated rings. The van der Waals surface area contributed by atoms with E-state index in [-0.39, 0.29) is 17.9 Å². The first kappa shape index (κ1) is 26.1. The number of hydrogen-bond acceptors (Lipinski definition) is 5. The maximum Gasteiger partial charge on any atom is 0.335 e. The molecule has 3 aromatic rings. The first-order chi connectivity index (χ1) is 17.6. The Morgan fingerprint density at radius 3 is 2.54 bits per heavy atom. The molecular weight excluding hydrogens is 569 g/mol. The van der Waals surface area contributed by atoms with E-state index in [1.165, 1.54) is 36.4 Å². The summed E-state index contributed by atoms with van der Waals surface area (Å²) in [4.78, 5) is 51.1. The van der Waals surface area contributed by atoms with Gasteiger partial charge in [-0.1, -0.05) is 23.7 Å². The summed E-state index contributed by atoms with van der Waals surface area (Å²) in [5.74, 6) is -2.16. The van der Waals surface area contributed by atoms with Crippen molar-refractivity contribution in [2.75, 3.05) is 16.8 Å². The zero-order chi connectivity index (χ0) is 26.7. The van der Waals surface area contributed by atoms with Crippen molar-refractivity contribution in [3.63, 3.8) is 0 Å². The number of urea groups is 1. The van der Waals surface area contributed by atoms with E-state index in [0.717, 1.165) is 4.90 Å². The van der Waals surface area contributed by atoms with Gasteiger partial charge in [0.2, 0.25) is 0 Å². The lowest BCUT2D eigenvalue weighted by molar-refractivity contribution is -0.122. The van der Waals surface area contributed by atoms with Gasteiger partial charge in [0.15, 0.2) is 6.61 Å². The van der Waals surface area contributed by atoms with Gasteiger partial charge in [0.25, 0.3) is 17.7 Å². The smallest absolute Gasteiger partial charge is 0.335 e. The fourth-order valence-corrected chi connectivity index (χ4v) is 4.14. The Balaban J connectivity index is 1.49. The number of imide groups is 2. The first-order valence-corrected chi connectivity index (χ1v) is 11.9. The average molecular weight is 587 g/mol. The Labute approximate surface area is 224 Å². The summed E-state index contributed by atoms with van der Waals surface area (Å²) in [5, 5.41) is 5.08. The van der Waals surface area contributed by atoms with E-state index >= 15 is 0 Å². The molecule has 0 unspecified atom stereocenters. The van der Waals surface area contributed by atoms with Crippen LogP contribution in [0.15, 0.2) is 70.7 Å². The van der Waals surface area contributed by atoms with E-state index in [2.05, 4.69) is 26.6 Å². The van der Waals surface area contributed by atoms with Gasteiger partial charge in [-0.05, 0) is 88.6 Å². The van der Waals surface area contributed by atoms with Crippen molar-refractivity contribution in [3.8, 4) is 5.75 Å². The predicted molar refractivity (Wildman–Crippen MR) is 140 cm³/mol. The molecule has 0 bridgehead atoms. The molecule has 1 saturated heterocycles. The highest BCUT2D eigenvalue weighted by atomic mass is 79.9. The fraction of sp³-hybridized carbons (Fsp3) is 0.0769. The predicted octanol–water partition coefficient (Wildman–Crippen LogP) is 5.23. The van der Waals surface area contributed by atoms with Gasteiger partial charge in [-0.2, -0.15) is 0 Å². The van der Waals surface area contributed by atoms with Crippen molar-refractivity contribution < 1.29 is 28.3 Å². The number of aryl methyl sites for hydroxylation is 1. The van der Waals surface area contributed by atoms with Crippen molar-refractivity contribution >= 4 is 68.7 Å². The molecule has 0 spiro atoms. The number of rotatable bonds is 6. The van der Waals surface area contributed by atoms with Crippen LogP contribution in [-0.4, -0.2) is 30.4 Å². The number of nitrogens with zero attached hydrogens (tertiary/aromatic N) is 1. The maximum atomic E-state index is 13.1. The van der Waals surface area contributed by atoms with Crippen LogP contribution in [0.1, 0.15) is 11.1 Å². The van der Waals surface area contributed by atoms with Crippen LogP contribution in [0.4, 0.5) is 20.6 Å². The lowest BCUT2D eigenvalue weighted by Crippen LogP contribution is -2.54. The number of amides is 5. The topological polar surface area (TPSA) is 105 Å². The van der Waals surface area contributed by atoms with E-state index in [1.807, 2.05) is 0 Å². The second-order valence-electron chi connectivity index (χ2n) is 7.92. The largest absolute Gasteiger partial charge is 0.483 e. The van der Waals surface area contributed by atoms with Gasteiger partial charge in [-0.15, -0.1) is 0 Å². The molecule has 188 valence electrons. The average Bonchev–Trinajstić information content (AvgIpc) is 2.84. The standard InChI is InChI=1S/C26H18BrClFN3O5/c1-14-2-4-16(28)12-21(14)32-25(35)19(24(34)31-26(32)36)10-15-3-9-22(20(27)11-15)37-13-23(33)30-18-7-5-17(29)6-8-18/h2-12H,13H2,1H3,(H,30,33)(H,31,34,36)/b19-10+. The minimum absolute atomic E-state index is 0.252. The van der Waals surface area contributed by atoms with Gasteiger partial charge < -0.3 is 10.1 Å². The van der Waals surface area contributed by atoms with Gasteiger partial charge in [0.1, 0.15) is 17.1 Å². The molecule has 8 nitrogen and oxygen atoms in total. The van der Waals surface area contributed by atoms with Gasteiger partial charge in [-0.3, -0.25) is 19.7 Å². The summed E-state index contributed by atoms with van der Waals surface area (Å²) < 4.78 is 19.0. The van der Waals surface area contributed by atoms with Crippen molar-refractivity contribution in [2.24, 2.45) is 0 Å². The van der Waals surface area contributed by atoms with Crippen LogP contribution in [-0.2, 0) is 14.4 Å². The molecule has 3 aromatic carbocycles. The Morgan fingerprint density at radius 2 is 1.84 bits per heavy atom. The van der Waals surface area contributed by atoms with E-state index < -0.39 is 29.6 Å². The van der Waals surface area contributed by atoms with Gasteiger partial charge in [0, 0.05) is 10.7 Å². The Morgan fingerprint density at radius 1 is 1.11 bits per heavy atom. The van der Waals surface area contributed by atoms with Crippen molar-refractivity contribution in [1.29, 1.82) is 0 Å². The van der Waals surface area contributed by atoms with E-state index in [4.69, 9.17) is 16.3 Å². The number of nitrogens with one attached hydrogen (secondary N) is 2. The molecule has 1 heterocycles. The Kier molecular flexibility index (Phi) is 7.70. The van der Waals surface area contributed by atoms with E-state index in [0.29, 0.717) is 32.1 Å². The summed E-state index contributed by atoms with van der Waals surface area (Å²) in [5.41, 5.74) is 1.52. The highest BCUT2D eigenvalue weighted by Gasteiger charge is 2.37. The third-order valence-electron chi connectivity index (χ3n) is 5.27. The molecule has 1 aliphatic heterocycles. The highest BCUT2D eigenvalue weighted by molar-refractivity contribution is 9.10. The summed E-state index contributed by atoms with van der Waals surface area (Å²) in [6.07, 6.45) is 1.34. The van der Waals surface area contributed by atoms with Crippen LogP contribution in [0.5, 0.6) is 5.75 Å².